The summed E-state index contributed by atoms with van der Waals surface area (Å²) in [4.78, 5) is 12.1. The van der Waals surface area contributed by atoms with Gasteiger partial charge in [0.2, 0.25) is 0 Å². The fourth-order valence-electron chi connectivity index (χ4n) is 1.87. The summed E-state index contributed by atoms with van der Waals surface area (Å²) < 4.78 is 5.70. The van der Waals surface area contributed by atoms with Crippen LogP contribution in [-0.2, 0) is 9.53 Å². The SMILES string of the molecule is COC(=O)C(Nc1ccccc1Br)c1cc(Cl)cc(Cl)c1. The van der Waals surface area contributed by atoms with E-state index in [0.29, 0.717) is 15.6 Å². The molecule has 0 spiro atoms. The molecule has 1 unspecified atom stereocenters. The van der Waals surface area contributed by atoms with E-state index in [9.17, 15) is 4.79 Å². The number of carbonyl (C=O) groups is 1. The topological polar surface area (TPSA) is 38.3 Å². The monoisotopic (exact) mass is 387 g/mol. The van der Waals surface area contributed by atoms with Crippen LogP contribution in [0.3, 0.4) is 0 Å². The van der Waals surface area contributed by atoms with Gasteiger partial charge in [-0.25, -0.2) is 4.79 Å². The summed E-state index contributed by atoms with van der Waals surface area (Å²) in [6.45, 7) is 0. The van der Waals surface area contributed by atoms with Crippen LogP contribution in [0.1, 0.15) is 11.6 Å². The smallest absolute Gasteiger partial charge is 0.332 e. The highest BCUT2D eigenvalue weighted by Gasteiger charge is 2.22. The first-order chi connectivity index (χ1) is 10.0. The van der Waals surface area contributed by atoms with Crippen LogP contribution in [0.4, 0.5) is 5.69 Å². The molecule has 1 N–H and O–H groups in total. The van der Waals surface area contributed by atoms with Gasteiger partial charge in [-0.1, -0.05) is 35.3 Å². The van der Waals surface area contributed by atoms with Gasteiger partial charge in [0.05, 0.1) is 7.11 Å². The Morgan fingerprint density at radius 1 is 1.19 bits per heavy atom. The number of benzene rings is 2. The number of hydrogen-bond donors (Lipinski definition) is 1. The van der Waals surface area contributed by atoms with Gasteiger partial charge in [-0.3, -0.25) is 0 Å². The second kappa shape index (κ2) is 7.16. The molecule has 0 heterocycles. The third-order valence-electron chi connectivity index (χ3n) is 2.83. The molecule has 0 radical (unpaired) electrons. The molecule has 110 valence electrons. The molecule has 2 rings (SSSR count). The van der Waals surface area contributed by atoms with E-state index in [-0.39, 0.29) is 0 Å². The molecule has 6 heteroatoms. The highest BCUT2D eigenvalue weighted by atomic mass is 79.9. The van der Waals surface area contributed by atoms with E-state index in [1.807, 2.05) is 24.3 Å². The molecular formula is C15H12BrCl2NO2. The summed E-state index contributed by atoms with van der Waals surface area (Å²) >= 11 is 15.4. The highest BCUT2D eigenvalue weighted by molar-refractivity contribution is 9.10. The number of halogens is 3. The van der Waals surface area contributed by atoms with Gasteiger partial charge in [-0.2, -0.15) is 0 Å². The summed E-state index contributed by atoms with van der Waals surface area (Å²) in [6.07, 6.45) is 0. The average molecular weight is 389 g/mol. The highest BCUT2D eigenvalue weighted by Crippen LogP contribution is 2.30. The first-order valence-corrected chi connectivity index (χ1v) is 7.61. The van der Waals surface area contributed by atoms with E-state index in [0.717, 1.165) is 10.2 Å². The van der Waals surface area contributed by atoms with Crippen molar-refractivity contribution in [3.8, 4) is 0 Å². The molecule has 1 atom stereocenters. The minimum atomic E-state index is -0.704. The molecule has 21 heavy (non-hydrogen) atoms. The van der Waals surface area contributed by atoms with Crippen LogP contribution in [-0.4, -0.2) is 13.1 Å². The van der Waals surface area contributed by atoms with Crippen molar-refractivity contribution < 1.29 is 9.53 Å². The van der Waals surface area contributed by atoms with Crippen molar-refractivity contribution >= 4 is 50.8 Å². The molecule has 0 aliphatic heterocycles. The molecule has 0 saturated carbocycles. The summed E-state index contributed by atoms with van der Waals surface area (Å²) in [5, 5.41) is 4.05. The zero-order chi connectivity index (χ0) is 15.4. The van der Waals surface area contributed by atoms with E-state index >= 15 is 0 Å². The van der Waals surface area contributed by atoms with E-state index in [1.54, 1.807) is 18.2 Å². The number of rotatable bonds is 4. The van der Waals surface area contributed by atoms with Crippen LogP contribution in [0.5, 0.6) is 0 Å². The van der Waals surface area contributed by atoms with Crippen molar-refractivity contribution in [1.82, 2.24) is 0 Å². The number of methoxy groups -OCH3 is 1. The third kappa shape index (κ3) is 4.13. The number of carbonyl (C=O) groups excluding carboxylic acids is 1. The van der Waals surface area contributed by atoms with E-state index < -0.39 is 12.0 Å². The van der Waals surface area contributed by atoms with Gasteiger partial charge in [0, 0.05) is 20.2 Å². The van der Waals surface area contributed by atoms with E-state index in [1.165, 1.54) is 7.11 Å². The fraction of sp³-hybridized carbons (Fsp3) is 0.133. The Balaban J connectivity index is 2.39. The van der Waals surface area contributed by atoms with Crippen LogP contribution in [0.2, 0.25) is 10.0 Å². The second-order valence-electron chi connectivity index (χ2n) is 4.28. The van der Waals surface area contributed by atoms with Crippen LogP contribution in [0.25, 0.3) is 0 Å². The standard InChI is InChI=1S/C15H12BrCl2NO2/c1-21-15(20)14(9-6-10(17)8-11(18)7-9)19-13-5-3-2-4-12(13)16/h2-8,14,19H,1H3. The van der Waals surface area contributed by atoms with Gasteiger partial charge >= 0.3 is 5.97 Å². The van der Waals surface area contributed by atoms with Gasteiger partial charge in [-0.05, 0) is 51.8 Å². The van der Waals surface area contributed by atoms with Crippen LogP contribution >= 0.6 is 39.1 Å². The van der Waals surface area contributed by atoms with Crippen molar-refractivity contribution in [2.75, 3.05) is 12.4 Å². The average Bonchev–Trinajstić information content (AvgIpc) is 2.44. The summed E-state index contributed by atoms with van der Waals surface area (Å²) in [6, 6.07) is 11.8. The number of ether oxygens (including phenoxy) is 1. The van der Waals surface area contributed by atoms with E-state index in [2.05, 4.69) is 21.2 Å². The third-order valence-corrected chi connectivity index (χ3v) is 3.96. The minimum absolute atomic E-state index is 0.427. The predicted octanol–water partition coefficient (Wildman–Crippen LogP) is 5.08. The molecule has 0 amide bonds. The lowest BCUT2D eigenvalue weighted by molar-refractivity contribution is -0.141. The normalized spacial score (nSPS) is 11.8. The van der Waals surface area contributed by atoms with Crippen molar-refractivity contribution in [2.24, 2.45) is 0 Å². The Morgan fingerprint density at radius 3 is 2.38 bits per heavy atom. The molecular weight excluding hydrogens is 377 g/mol. The molecule has 2 aromatic carbocycles. The minimum Gasteiger partial charge on any atom is -0.467 e. The lowest BCUT2D eigenvalue weighted by atomic mass is 10.1. The van der Waals surface area contributed by atoms with E-state index in [4.69, 9.17) is 27.9 Å². The Bertz CT molecular complexity index is 644. The van der Waals surface area contributed by atoms with Crippen LogP contribution in [0.15, 0.2) is 46.9 Å². The Labute approximate surface area is 141 Å². The first-order valence-electron chi connectivity index (χ1n) is 6.06. The number of esters is 1. The molecule has 0 aromatic heterocycles. The molecule has 0 aliphatic rings. The molecule has 0 saturated heterocycles. The first kappa shape index (κ1) is 16.1. The van der Waals surface area contributed by atoms with Crippen molar-refractivity contribution in [1.29, 1.82) is 0 Å². The summed E-state index contributed by atoms with van der Waals surface area (Å²) in [5.74, 6) is -0.427. The number of anilines is 1. The Kier molecular flexibility index (Phi) is 5.51. The summed E-state index contributed by atoms with van der Waals surface area (Å²) in [7, 11) is 1.34. The molecule has 0 bridgehead atoms. The quantitative estimate of drug-likeness (QED) is 0.742. The Hall–Kier alpha value is -1.23. The van der Waals surface area contributed by atoms with Gasteiger partial charge in [-0.15, -0.1) is 0 Å². The number of hydrogen-bond acceptors (Lipinski definition) is 3. The maximum atomic E-state index is 12.1. The lowest BCUT2D eigenvalue weighted by Gasteiger charge is -2.19. The zero-order valence-corrected chi connectivity index (χ0v) is 14.2. The summed E-state index contributed by atoms with van der Waals surface area (Å²) in [5.41, 5.74) is 1.40. The maximum Gasteiger partial charge on any atom is 0.332 e. The zero-order valence-electron chi connectivity index (χ0n) is 11.1. The predicted molar refractivity (Wildman–Crippen MR) is 89.0 cm³/mol. The lowest BCUT2D eigenvalue weighted by Crippen LogP contribution is -2.22. The van der Waals surface area contributed by atoms with Gasteiger partial charge in [0.1, 0.15) is 0 Å². The number of para-hydroxylation sites is 1. The van der Waals surface area contributed by atoms with Gasteiger partial charge < -0.3 is 10.1 Å². The van der Waals surface area contributed by atoms with Crippen molar-refractivity contribution in [3.05, 3.63) is 62.5 Å². The van der Waals surface area contributed by atoms with Crippen molar-refractivity contribution in [2.45, 2.75) is 6.04 Å². The largest absolute Gasteiger partial charge is 0.467 e. The molecule has 2 aromatic rings. The van der Waals surface area contributed by atoms with Crippen LogP contribution in [0, 0.1) is 0 Å². The number of nitrogens with one attached hydrogen (secondary N) is 1. The maximum absolute atomic E-state index is 12.1. The fourth-order valence-corrected chi connectivity index (χ4v) is 2.81. The molecule has 0 aliphatic carbocycles. The van der Waals surface area contributed by atoms with Gasteiger partial charge in [0.25, 0.3) is 0 Å². The Morgan fingerprint density at radius 2 is 1.81 bits per heavy atom. The van der Waals surface area contributed by atoms with Crippen molar-refractivity contribution in [3.63, 3.8) is 0 Å². The molecule has 0 fully saturated rings. The van der Waals surface area contributed by atoms with Gasteiger partial charge in [0.15, 0.2) is 6.04 Å². The molecule has 3 nitrogen and oxygen atoms in total. The van der Waals surface area contributed by atoms with Crippen LogP contribution < -0.4 is 5.32 Å². The second-order valence-corrected chi connectivity index (χ2v) is 6.01.